The van der Waals surface area contributed by atoms with Crippen LogP contribution in [0.2, 0.25) is 0 Å². The van der Waals surface area contributed by atoms with Crippen LogP contribution < -0.4 is 10.1 Å². The van der Waals surface area contributed by atoms with E-state index in [2.05, 4.69) is 52.1 Å². The molecule has 112 valence electrons. The third kappa shape index (κ3) is 5.30. The van der Waals surface area contributed by atoms with Gasteiger partial charge in [-0.1, -0.05) is 22.9 Å². The van der Waals surface area contributed by atoms with Gasteiger partial charge in [-0.3, -0.25) is 0 Å². The summed E-state index contributed by atoms with van der Waals surface area (Å²) >= 11 is 5.63. The molecule has 1 fully saturated rings. The highest BCUT2D eigenvalue weighted by molar-refractivity contribution is 9.10. The molecule has 1 aliphatic rings. The number of rotatable bonds is 7. The monoisotopic (exact) mass is 357 g/mol. The number of ether oxygens (including phenoxy) is 1. The lowest BCUT2D eigenvalue weighted by Crippen LogP contribution is -2.25. The second kappa shape index (κ2) is 8.96. The molecule has 4 heteroatoms. The van der Waals surface area contributed by atoms with Crippen LogP contribution in [0.4, 0.5) is 0 Å². The van der Waals surface area contributed by atoms with E-state index in [4.69, 9.17) is 4.74 Å². The van der Waals surface area contributed by atoms with Crippen LogP contribution in [0.1, 0.15) is 31.7 Å². The first kappa shape index (κ1) is 16.2. The molecule has 0 atom stereocenters. The molecule has 1 aliphatic heterocycles. The van der Waals surface area contributed by atoms with Crippen LogP contribution in [-0.4, -0.2) is 24.7 Å². The van der Waals surface area contributed by atoms with Gasteiger partial charge in [0.1, 0.15) is 5.75 Å². The van der Waals surface area contributed by atoms with E-state index in [-0.39, 0.29) is 0 Å². The fourth-order valence-electron chi connectivity index (χ4n) is 2.40. The van der Waals surface area contributed by atoms with Crippen molar-refractivity contribution in [2.75, 3.05) is 24.7 Å². The minimum absolute atomic E-state index is 0.786. The summed E-state index contributed by atoms with van der Waals surface area (Å²) in [6.45, 7) is 4.94. The largest absolute Gasteiger partial charge is 0.493 e. The topological polar surface area (TPSA) is 21.3 Å². The fourth-order valence-corrected chi connectivity index (χ4v) is 4.01. The lowest BCUT2D eigenvalue weighted by atomic mass is 10.0. The Bertz CT molecular complexity index is 407. The normalized spacial score (nSPS) is 16.3. The van der Waals surface area contributed by atoms with E-state index in [9.17, 15) is 0 Å². The van der Waals surface area contributed by atoms with Crippen molar-refractivity contribution >= 4 is 27.7 Å². The predicted molar refractivity (Wildman–Crippen MR) is 91.7 cm³/mol. The molecule has 0 saturated carbocycles. The van der Waals surface area contributed by atoms with E-state index >= 15 is 0 Å². The second-order valence-electron chi connectivity index (χ2n) is 5.29. The van der Waals surface area contributed by atoms with E-state index in [1.165, 1.54) is 29.9 Å². The Morgan fingerprint density at radius 3 is 2.90 bits per heavy atom. The van der Waals surface area contributed by atoms with Crippen molar-refractivity contribution in [1.82, 2.24) is 5.32 Å². The van der Waals surface area contributed by atoms with Gasteiger partial charge in [0.05, 0.1) is 6.61 Å². The van der Waals surface area contributed by atoms with Gasteiger partial charge in [-0.2, -0.15) is 11.8 Å². The highest BCUT2D eigenvalue weighted by Crippen LogP contribution is 2.25. The molecule has 1 N–H and O–H groups in total. The van der Waals surface area contributed by atoms with E-state index < -0.39 is 0 Å². The maximum Gasteiger partial charge on any atom is 0.123 e. The Labute approximate surface area is 135 Å². The lowest BCUT2D eigenvalue weighted by Gasteiger charge is -2.22. The maximum absolute atomic E-state index is 5.82. The van der Waals surface area contributed by atoms with Gasteiger partial charge in [0.25, 0.3) is 0 Å². The molecule has 0 aliphatic carbocycles. The van der Waals surface area contributed by atoms with Gasteiger partial charge in [0.15, 0.2) is 0 Å². The van der Waals surface area contributed by atoms with E-state index in [0.717, 1.165) is 42.3 Å². The summed E-state index contributed by atoms with van der Waals surface area (Å²) in [4.78, 5) is 0. The summed E-state index contributed by atoms with van der Waals surface area (Å²) in [5.74, 6) is 4.52. The molecule has 20 heavy (non-hydrogen) atoms. The zero-order valence-corrected chi connectivity index (χ0v) is 14.6. The van der Waals surface area contributed by atoms with Crippen LogP contribution in [-0.2, 0) is 6.54 Å². The van der Waals surface area contributed by atoms with E-state index in [1.807, 2.05) is 6.07 Å². The Kier molecular flexibility index (Phi) is 7.25. The SMILES string of the molecule is CCCOc1ccc(Br)cc1CNCC1CCSCC1. The molecular formula is C16H24BrNOS. The summed E-state index contributed by atoms with van der Waals surface area (Å²) in [5, 5.41) is 3.61. The van der Waals surface area contributed by atoms with Crippen LogP contribution in [0.25, 0.3) is 0 Å². The molecule has 1 aromatic carbocycles. The van der Waals surface area contributed by atoms with Gasteiger partial charge < -0.3 is 10.1 Å². The van der Waals surface area contributed by atoms with Crippen molar-refractivity contribution in [3.8, 4) is 5.75 Å². The Morgan fingerprint density at radius 2 is 2.15 bits per heavy atom. The minimum atomic E-state index is 0.786. The van der Waals surface area contributed by atoms with E-state index in [1.54, 1.807) is 0 Å². The van der Waals surface area contributed by atoms with Crippen LogP contribution in [0.3, 0.4) is 0 Å². The van der Waals surface area contributed by atoms with Gasteiger partial charge in [0.2, 0.25) is 0 Å². The van der Waals surface area contributed by atoms with Crippen LogP contribution >= 0.6 is 27.7 Å². The van der Waals surface area contributed by atoms with Crippen molar-refractivity contribution in [2.45, 2.75) is 32.7 Å². The highest BCUT2D eigenvalue weighted by atomic mass is 79.9. The molecule has 1 saturated heterocycles. The van der Waals surface area contributed by atoms with Crippen LogP contribution in [0, 0.1) is 5.92 Å². The predicted octanol–water partition coefficient (Wildman–Crippen LogP) is 4.47. The average Bonchev–Trinajstić information content (AvgIpc) is 2.47. The standard InChI is InChI=1S/C16H24BrNOS/c1-2-7-19-16-4-3-15(17)10-14(16)12-18-11-13-5-8-20-9-6-13/h3-4,10,13,18H,2,5-9,11-12H2,1H3. The molecular weight excluding hydrogens is 334 g/mol. The van der Waals surface area contributed by atoms with Gasteiger partial charge >= 0.3 is 0 Å². The van der Waals surface area contributed by atoms with Crippen LogP contribution in [0.5, 0.6) is 5.75 Å². The highest BCUT2D eigenvalue weighted by Gasteiger charge is 2.13. The summed E-state index contributed by atoms with van der Waals surface area (Å²) < 4.78 is 6.94. The molecule has 1 aromatic rings. The molecule has 1 heterocycles. The number of hydrogen-bond acceptors (Lipinski definition) is 3. The first-order chi connectivity index (χ1) is 9.79. The molecule has 0 spiro atoms. The Morgan fingerprint density at radius 1 is 1.35 bits per heavy atom. The number of hydrogen-bond donors (Lipinski definition) is 1. The Hall–Kier alpha value is -0.190. The maximum atomic E-state index is 5.82. The van der Waals surface area contributed by atoms with Crippen LogP contribution in [0.15, 0.2) is 22.7 Å². The minimum Gasteiger partial charge on any atom is -0.493 e. The molecule has 0 amide bonds. The van der Waals surface area contributed by atoms with Crippen molar-refractivity contribution in [2.24, 2.45) is 5.92 Å². The molecule has 0 radical (unpaired) electrons. The van der Waals surface area contributed by atoms with Gasteiger partial charge in [-0.25, -0.2) is 0 Å². The van der Waals surface area contributed by atoms with Crippen molar-refractivity contribution < 1.29 is 4.74 Å². The first-order valence-electron chi connectivity index (χ1n) is 7.49. The fraction of sp³-hybridized carbons (Fsp3) is 0.625. The van der Waals surface area contributed by atoms with Gasteiger partial charge in [-0.15, -0.1) is 0 Å². The third-order valence-corrected chi connectivity index (χ3v) is 5.12. The van der Waals surface area contributed by atoms with Gasteiger partial charge in [-0.05, 0) is 61.4 Å². The molecule has 0 bridgehead atoms. The van der Waals surface area contributed by atoms with E-state index in [0.29, 0.717) is 0 Å². The summed E-state index contributed by atoms with van der Waals surface area (Å²) in [7, 11) is 0. The first-order valence-corrected chi connectivity index (χ1v) is 9.44. The molecule has 2 rings (SSSR count). The van der Waals surface area contributed by atoms with Gasteiger partial charge in [0, 0.05) is 16.6 Å². The summed E-state index contributed by atoms with van der Waals surface area (Å²) in [5.41, 5.74) is 1.25. The Balaban J connectivity index is 1.85. The second-order valence-corrected chi connectivity index (χ2v) is 7.43. The zero-order chi connectivity index (χ0) is 14.2. The number of nitrogens with one attached hydrogen (secondary N) is 1. The summed E-state index contributed by atoms with van der Waals surface area (Å²) in [6.07, 6.45) is 3.76. The van der Waals surface area contributed by atoms with Crippen molar-refractivity contribution in [3.05, 3.63) is 28.2 Å². The number of benzene rings is 1. The number of thioether (sulfide) groups is 1. The molecule has 2 nitrogen and oxygen atoms in total. The third-order valence-electron chi connectivity index (χ3n) is 3.57. The van der Waals surface area contributed by atoms with Crippen molar-refractivity contribution in [3.63, 3.8) is 0 Å². The lowest BCUT2D eigenvalue weighted by molar-refractivity contribution is 0.312. The molecule has 0 aromatic heterocycles. The number of halogens is 1. The average molecular weight is 358 g/mol. The molecule has 0 unspecified atom stereocenters. The smallest absolute Gasteiger partial charge is 0.123 e. The zero-order valence-electron chi connectivity index (χ0n) is 12.2. The summed E-state index contributed by atoms with van der Waals surface area (Å²) in [6, 6.07) is 6.27. The van der Waals surface area contributed by atoms with Crippen molar-refractivity contribution in [1.29, 1.82) is 0 Å². The quantitative estimate of drug-likeness (QED) is 0.777.